The van der Waals surface area contributed by atoms with E-state index in [2.05, 4.69) is 26.6 Å². The standard InChI is InChI=1S/C12H14BrClN2O.ClH/c13-11-6-8(14)3-4-10(11)12(17)16-9-2-1-5-15-7-9;/h3-4,6,9,15H,1-2,5,7H2,(H,16,17);1H. The minimum absolute atomic E-state index is 0. The third-order valence-electron chi connectivity index (χ3n) is 2.81. The molecule has 0 spiro atoms. The molecule has 1 fully saturated rings. The van der Waals surface area contributed by atoms with Gasteiger partial charge < -0.3 is 10.6 Å². The Morgan fingerprint density at radius 2 is 2.28 bits per heavy atom. The Bertz CT molecular complexity index is 423. The van der Waals surface area contributed by atoms with E-state index in [1.54, 1.807) is 18.2 Å². The van der Waals surface area contributed by atoms with Gasteiger partial charge in [-0.15, -0.1) is 12.4 Å². The van der Waals surface area contributed by atoms with Crippen molar-refractivity contribution in [2.24, 2.45) is 0 Å². The molecule has 1 amide bonds. The summed E-state index contributed by atoms with van der Waals surface area (Å²) in [5.41, 5.74) is 0.625. The van der Waals surface area contributed by atoms with Crippen molar-refractivity contribution in [3.63, 3.8) is 0 Å². The smallest absolute Gasteiger partial charge is 0.252 e. The lowest BCUT2D eigenvalue weighted by molar-refractivity contribution is 0.0930. The van der Waals surface area contributed by atoms with Crippen LogP contribution >= 0.6 is 39.9 Å². The number of rotatable bonds is 2. The molecular formula is C12H15BrCl2N2O. The first-order chi connectivity index (χ1) is 8.16. The van der Waals surface area contributed by atoms with Gasteiger partial charge in [-0.05, 0) is 53.5 Å². The molecule has 1 atom stereocenters. The maximum Gasteiger partial charge on any atom is 0.252 e. The molecule has 1 aliphatic heterocycles. The van der Waals surface area contributed by atoms with Gasteiger partial charge in [0, 0.05) is 22.1 Å². The molecule has 0 aromatic heterocycles. The first kappa shape index (κ1) is 15.8. The quantitative estimate of drug-likeness (QED) is 0.858. The van der Waals surface area contributed by atoms with Gasteiger partial charge in [0.05, 0.1) is 5.56 Å². The lowest BCUT2D eigenvalue weighted by Crippen LogP contribution is -2.45. The van der Waals surface area contributed by atoms with Crippen molar-refractivity contribution >= 4 is 45.8 Å². The lowest BCUT2D eigenvalue weighted by Gasteiger charge is -2.24. The van der Waals surface area contributed by atoms with Crippen LogP contribution < -0.4 is 10.6 Å². The number of carbonyl (C=O) groups is 1. The second-order valence-electron chi connectivity index (χ2n) is 4.14. The second kappa shape index (κ2) is 7.34. The molecule has 6 heteroatoms. The van der Waals surface area contributed by atoms with Crippen LogP contribution in [0.1, 0.15) is 23.2 Å². The molecule has 3 nitrogen and oxygen atoms in total. The molecule has 0 saturated carbocycles. The summed E-state index contributed by atoms with van der Waals surface area (Å²) in [5, 5.41) is 6.91. The Labute approximate surface area is 126 Å². The number of halogens is 3. The van der Waals surface area contributed by atoms with E-state index in [1.165, 1.54) is 0 Å². The summed E-state index contributed by atoms with van der Waals surface area (Å²) in [5.74, 6) is -0.0535. The minimum atomic E-state index is -0.0535. The average molecular weight is 354 g/mol. The van der Waals surface area contributed by atoms with Gasteiger partial charge in [0.1, 0.15) is 0 Å². The van der Waals surface area contributed by atoms with Gasteiger partial charge in [0.15, 0.2) is 0 Å². The van der Waals surface area contributed by atoms with Crippen LogP contribution in [-0.4, -0.2) is 25.0 Å². The zero-order chi connectivity index (χ0) is 12.3. The summed E-state index contributed by atoms with van der Waals surface area (Å²) in [6, 6.07) is 5.41. The molecule has 1 saturated heterocycles. The molecule has 0 aliphatic carbocycles. The van der Waals surface area contributed by atoms with Crippen LogP contribution in [0, 0.1) is 0 Å². The van der Waals surface area contributed by atoms with Crippen molar-refractivity contribution in [3.8, 4) is 0 Å². The van der Waals surface area contributed by atoms with Crippen molar-refractivity contribution in [1.29, 1.82) is 0 Å². The van der Waals surface area contributed by atoms with Crippen molar-refractivity contribution < 1.29 is 4.79 Å². The monoisotopic (exact) mass is 352 g/mol. The molecule has 1 aromatic carbocycles. The normalized spacial score (nSPS) is 18.9. The Kier molecular flexibility index (Phi) is 6.43. The van der Waals surface area contributed by atoms with Gasteiger partial charge in [-0.2, -0.15) is 0 Å². The number of hydrogen-bond donors (Lipinski definition) is 2. The van der Waals surface area contributed by atoms with E-state index in [0.29, 0.717) is 10.6 Å². The number of nitrogens with one attached hydrogen (secondary N) is 2. The van der Waals surface area contributed by atoms with Crippen LogP contribution in [0.25, 0.3) is 0 Å². The summed E-state index contributed by atoms with van der Waals surface area (Å²) >= 11 is 9.19. The summed E-state index contributed by atoms with van der Waals surface area (Å²) in [4.78, 5) is 12.0. The summed E-state index contributed by atoms with van der Waals surface area (Å²) in [6.45, 7) is 1.88. The maximum atomic E-state index is 12.0. The van der Waals surface area contributed by atoms with Crippen molar-refractivity contribution in [1.82, 2.24) is 10.6 Å². The van der Waals surface area contributed by atoms with Crippen molar-refractivity contribution in [3.05, 3.63) is 33.3 Å². The van der Waals surface area contributed by atoms with E-state index in [1.807, 2.05) is 0 Å². The zero-order valence-corrected chi connectivity index (χ0v) is 12.9. The topological polar surface area (TPSA) is 41.1 Å². The van der Waals surface area contributed by atoms with E-state index in [9.17, 15) is 4.79 Å². The molecule has 0 bridgehead atoms. The molecule has 1 aliphatic rings. The Morgan fingerprint density at radius 1 is 1.50 bits per heavy atom. The minimum Gasteiger partial charge on any atom is -0.348 e. The Morgan fingerprint density at radius 3 is 2.89 bits per heavy atom. The van der Waals surface area contributed by atoms with Crippen LogP contribution in [0.3, 0.4) is 0 Å². The van der Waals surface area contributed by atoms with E-state index < -0.39 is 0 Å². The highest BCUT2D eigenvalue weighted by atomic mass is 79.9. The highest BCUT2D eigenvalue weighted by Gasteiger charge is 2.17. The van der Waals surface area contributed by atoms with Gasteiger partial charge in [0.2, 0.25) is 0 Å². The average Bonchev–Trinajstić information content (AvgIpc) is 2.30. The number of amides is 1. The summed E-state index contributed by atoms with van der Waals surface area (Å²) in [7, 11) is 0. The number of piperidine rings is 1. The largest absolute Gasteiger partial charge is 0.348 e. The number of carbonyl (C=O) groups excluding carboxylic acids is 1. The maximum absolute atomic E-state index is 12.0. The molecular weight excluding hydrogens is 339 g/mol. The van der Waals surface area contributed by atoms with E-state index in [-0.39, 0.29) is 24.4 Å². The first-order valence-corrected chi connectivity index (χ1v) is 6.80. The van der Waals surface area contributed by atoms with Crippen LogP contribution in [0.5, 0.6) is 0 Å². The molecule has 2 rings (SSSR count). The SMILES string of the molecule is Cl.O=C(NC1CCCNC1)c1ccc(Cl)cc1Br. The van der Waals surface area contributed by atoms with Gasteiger partial charge in [-0.25, -0.2) is 0 Å². The van der Waals surface area contributed by atoms with Gasteiger partial charge in [-0.3, -0.25) is 4.79 Å². The number of hydrogen-bond acceptors (Lipinski definition) is 2. The fraction of sp³-hybridized carbons (Fsp3) is 0.417. The zero-order valence-electron chi connectivity index (χ0n) is 9.71. The molecule has 1 unspecified atom stereocenters. The molecule has 100 valence electrons. The lowest BCUT2D eigenvalue weighted by atomic mass is 10.1. The fourth-order valence-corrected chi connectivity index (χ4v) is 2.77. The van der Waals surface area contributed by atoms with E-state index in [4.69, 9.17) is 11.6 Å². The van der Waals surface area contributed by atoms with Gasteiger partial charge in [0.25, 0.3) is 5.91 Å². The Balaban J connectivity index is 0.00000162. The predicted molar refractivity (Wildman–Crippen MR) is 79.8 cm³/mol. The van der Waals surface area contributed by atoms with Crippen LogP contribution in [0.15, 0.2) is 22.7 Å². The van der Waals surface area contributed by atoms with E-state index >= 15 is 0 Å². The second-order valence-corrected chi connectivity index (χ2v) is 5.43. The number of benzene rings is 1. The van der Waals surface area contributed by atoms with Crippen LogP contribution in [0.2, 0.25) is 5.02 Å². The molecule has 1 heterocycles. The van der Waals surface area contributed by atoms with Crippen LogP contribution in [-0.2, 0) is 0 Å². The molecule has 18 heavy (non-hydrogen) atoms. The highest BCUT2D eigenvalue weighted by Crippen LogP contribution is 2.21. The highest BCUT2D eigenvalue weighted by molar-refractivity contribution is 9.10. The third-order valence-corrected chi connectivity index (χ3v) is 3.70. The first-order valence-electron chi connectivity index (χ1n) is 5.63. The predicted octanol–water partition coefficient (Wildman–Crippen LogP) is 3.01. The molecule has 0 radical (unpaired) electrons. The molecule has 2 N–H and O–H groups in total. The van der Waals surface area contributed by atoms with Crippen LogP contribution in [0.4, 0.5) is 0 Å². The van der Waals surface area contributed by atoms with Gasteiger partial charge >= 0.3 is 0 Å². The third kappa shape index (κ3) is 4.12. The van der Waals surface area contributed by atoms with Gasteiger partial charge in [-0.1, -0.05) is 11.6 Å². The fourth-order valence-electron chi connectivity index (χ4n) is 1.91. The van der Waals surface area contributed by atoms with Crippen molar-refractivity contribution in [2.75, 3.05) is 13.1 Å². The summed E-state index contributed by atoms with van der Waals surface area (Å²) in [6.07, 6.45) is 2.14. The van der Waals surface area contributed by atoms with Crippen molar-refractivity contribution in [2.45, 2.75) is 18.9 Å². The molecule has 1 aromatic rings. The van der Waals surface area contributed by atoms with E-state index in [0.717, 1.165) is 30.4 Å². The Hall–Kier alpha value is -0.290. The summed E-state index contributed by atoms with van der Waals surface area (Å²) < 4.78 is 0.728.